The molecule has 1 aliphatic heterocycles. The van der Waals surface area contributed by atoms with Crippen molar-refractivity contribution in [1.29, 1.82) is 0 Å². The minimum Gasteiger partial charge on any atom is -0.473 e. The molecular formula is C55H76IN7O3Si2. The van der Waals surface area contributed by atoms with Crippen molar-refractivity contribution in [2.24, 2.45) is 7.05 Å². The quantitative estimate of drug-likeness (QED) is 0.0511. The predicted molar refractivity (Wildman–Crippen MR) is 293 cm³/mol. The van der Waals surface area contributed by atoms with Crippen LogP contribution >= 0.6 is 22.6 Å². The molecule has 1 unspecified atom stereocenters. The number of likely N-dealkylation sites (N-methyl/N-ethyl adjacent to an activating group) is 1. The van der Waals surface area contributed by atoms with Crippen LogP contribution in [0.5, 0.6) is 5.88 Å². The summed E-state index contributed by atoms with van der Waals surface area (Å²) >= 11 is 2.46. The number of rotatable bonds is 17. The third-order valence-corrected chi connectivity index (χ3v) is 27.1. The smallest absolute Gasteiger partial charge is 0.261 e. The number of nitrogens with zero attached hydrogens (tertiary/aromatic N) is 7. The molecule has 0 radical (unpaired) electrons. The van der Waals surface area contributed by atoms with E-state index in [-0.39, 0.29) is 17.4 Å². The molecule has 6 aromatic rings. The number of fused-ring (bicyclic) bond motifs is 1. The normalized spacial score (nSPS) is 15.5. The van der Waals surface area contributed by atoms with Crippen molar-refractivity contribution < 1.29 is 13.9 Å². The highest BCUT2D eigenvalue weighted by molar-refractivity contribution is 14.1. The molecular weight excluding hydrogens is 990 g/mol. The van der Waals surface area contributed by atoms with Crippen LogP contribution in [-0.4, -0.2) is 83.5 Å². The van der Waals surface area contributed by atoms with Crippen molar-refractivity contribution in [2.75, 3.05) is 26.8 Å². The average molecular weight is 1070 g/mol. The predicted octanol–water partition coefficient (Wildman–Crippen LogP) is 11.6. The van der Waals surface area contributed by atoms with Gasteiger partial charge in [0.05, 0.1) is 44.9 Å². The van der Waals surface area contributed by atoms with E-state index >= 15 is 0 Å². The Hall–Kier alpha value is -4.05. The van der Waals surface area contributed by atoms with Crippen LogP contribution in [0, 0.1) is 28.9 Å². The van der Waals surface area contributed by atoms with Crippen molar-refractivity contribution in [2.45, 2.75) is 149 Å². The molecule has 4 heterocycles. The van der Waals surface area contributed by atoms with Gasteiger partial charge in [0, 0.05) is 32.1 Å². The van der Waals surface area contributed by atoms with Gasteiger partial charge in [0.2, 0.25) is 5.88 Å². The molecule has 0 amide bonds. The molecule has 10 nitrogen and oxygen atoms in total. The Morgan fingerprint density at radius 2 is 1.49 bits per heavy atom. The fourth-order valence-electron chi connectivity index (χ4n) is 11.2. The molecule has 7 rings (SSSR count). The largest absolute Gasteiger partial charge is 0.473 e. The summed E-state index contributed by atoms with van der Waals surface area (Å²) in [6.45, 7) is 30.8. The molecule has 0 N–H and O–H groups in total. The van der Waals surface area contributed by atoms with E-state index in [0.29, 0.717) is 42.9 Å². The standard InChI is InChI=1S/C55H76IN7O3Si2/c1-38(2)67(39(3)4,40(5)6)34-30-48-47-35-44(28-29-49(47)63(59-48)51-27-21-22-32-64-51)52-42(8)57-61(14)54(52)66-41(7)36-60(13)37-50-53(56)43(9)58-62(50)31-33-65-68(55(10,11)12,45-23-17-15-18-24-45)46-25-19-16-20-26-46/h15-20,23-26,28-29,35,38-41,51H,21-22,27,31-33,36-37H2,1-14H3/t41-,51?/m0/s1. The minimum absolute atomic E-state index is 0.0974. The third kappa shape index (κ3) is 10.4. The Kier molecular flexibility index (Phi) is 16.4. The second-order valence-corrected chi connectivity index (χ2v) is 32.1. The molecule has 0 saturated carbocycles. The number of benzene rings is 3. The summed E-state index contributed by atoms with van der Waals surface area (Å²) in [5, 5.41) is 18.7. The average Bonchev–Trinajstić information content (AvgIpc) is 3.89. The first-order valence-corrected chi connectivity index (χ1v) is 30.0. The molecule has 0 aliphatic carbocycles. The zero-order valence-corrected chi connectivity index (χ0v) is 47.4. The number of aryl methyl sites for hydroxylation is 3. The van der Waals surface area contributed by atoms with E-state index in [4.69, 9.17) is 29.2 Å². The molecule has 3 aromatic carbocycles. The first kappa shape index (κ1) is 51.8. The van der Waals surface area contributed by atoms with Crippen molar-refractivity contribution in [3.05, 3.63) is 105 Å². The first-order chi connectivity index (χ1) is 32.3. The first-order valence-electron chi connectivity index (χ1n) is 24.8. The second kappa shape index (κ2) is 21.5. The van der Waals surface area contributed by atoms with E-state index < -0.39 is 16.4 Å². The summed E-state index contributed by atoms with van der Waals surface area (Å²) in [4.78, 5) is 2.33. The fourth-order valence-corrected chi connectivity index (χ4v) is 21.5. The maximum atomic E-state index is 7.30. The van der Waals surface area contributed by atoms with Crippen LogP contribution in [0.25, 0.3) is 22.0 Å². The molecule has 1 fully saturated rings. The van der Waals surface area contributed by atoms with Crippen LogP contribution in [0.15, 0.2) is 78.9 Å². The molecule has 1 aliphatic rings. The molecule has 0 spiro atoms. The van der Waals surface area contributed by atoms with Crippen LogP contribution in [0.4, 0.5) is 0 Å². The maximum Gasteiger partial charge on any atom is 0.261 e. The van der Waals surface area contributed by atoms with Gasteiger partial charge >= 0.3 is 0 Å². The summed E-state index contributed by atoms with van der Waals surface area (Å²) in [6.07, 6.45) is 2.91. The van der Waals surface area contributed by atoms with Gasteiger partial charge in [0.25, 0.3) is 8.32 Å². The summed E-state index contributed by atoms with van der Waals surface area (Å²) in [7, 11) is -0.563. The highest BCUT2D eigenvalue weighted by Gasteiger charge is 2.50. The van der Waals surface area contributed by atoms with Gasteiger partial charge in [0.15, 0.2) is 6.23 Å². The van der Waals surface area contributed by atoms with E-state index in [1.807, 2.05) is 11.7 Å². The number of aromatic nitrogens is 6. The van der Waals surface area contributed by atoms with Gasteiger partial charge in [-0.05, 0) is 119 Å². The summed E-state index contributed by atoms with van der Waals surface area (Å²) in [5.74, 6) is 4.47. The van der Waals surface area contributed by atoms with Crippen LogP contribution < -0.4 is 15.1 Å². The van der Waals surface area contributed by atoms with E-state index in [0.717, 1.165) is 70.9 Å². The lowest BCUT2D eigenvalue weighted by atomic mass is 10.0. The Labute approximate surface area is 422 Å². The lowest BCUT2D eigenvalue weighted by Gasteiger charge is -2.43. The fraction of sp³-hybridized carbons (Fsp3) is 0.509. The zero-order chi connectivity index (χ0) is 49.1. The monoisotopic (exact) mass is 1070 g/mol. The van der Waals surface area contributed by atoms with Crippen LogP contribution in [0.3, 0.4) is 0 Å². The van der Waals surface area contributed by atoms with Crippen LogP contribution in [0.1, 0.15) is 118 Å². The van der Waals surface area contributed by atoms with E-state index in [1.54, 1.807) is 0 Å². The molecule has 364 valence electrons. The Morgan fingerprint density at radius 1 is 0.853 bits per heavy atom. The maximum absolute atomic E-state index is 7.30. The lowest BCUT2D eigenvalue weighted by molar-refractivity contribution is -0.0367. The van der Waals surface area contributed by atoms with E-state index in [9.17, 15) is 0 Å². The molecule has 2 atom stereocenters. The Balaban J connectivity index is 1.12. The van der Waals surface area contributed by atoms with Gasteiger partial charge in [-0.1, -0.05) is 135 Å². The van der Waals surface area contributed by atoms with E-state index in [1.165, 1.54) is 19.6 Å². The third-order valence-electron chi connectivity index (χ3n) is 14.3. The van der Waals surface area contributed by atoms with Crippen molar-refractivity contribution in [3.63, 3.8) is 0 Å². The topological polar surface area (TPSA) is 84.4 Å². The zero-order valence-electron chi connectivity index (χ0n) is 43.3. The number of hydrogen-bond donors (Lipinski definition) is 0. The lowest BCUT2D eigenvalue weighted by Crippen LogP contribution is -2.66. The van der Waals surface area contributed by atoms with Gasteiger partial charge in [-0.3, -0.25) is 9.58 Å². The molecule has 0 bridgehead atoms. The number of hydrogen-bond acceptors (Lipinski definition) is 7. The Morgan fingerprint density at radius 3 is 2.06 bits per heavy atom. The SMILES string of the molecule is Cc1nn(CCO[Si](c2ccccc2)(c2ccccc2)C(C)(C)C)c(CN(C)C[C@H](C)Oc2c(-c3ccc4c(c3)c(C#C[Si](C(C)C)(C(C)C)C(C)C)nn4C3CCCCO3)c(C)nn2C)c1I. The Bertz CT molecular complexity index is 2640. The van der Waals surface area contributed by atoms with Crippen molar-refractivity contribution in [3.8, 4) is 28.5 Å². The van der Waals surface area contributed by atoms with Crippen molar-refractivity contribution in [1.82, 2.24) is 34.2 Å². The molecule has 3 aromatic heterocycles. The van der Waals surface area contributed by atoms with Crippen LogP contribution in [-0.2, 0) is 29.3 Å². The summed E-state index contributed by atoms with van der Waals surface area (Å²) < 4.78 is 27.8. The minimum atomic E-state index is -2.69. The summed E-state index contributed by atoms with van der Waals surface area (Å²) in [5.41, 5.74) is 12.6. The second-order valence-electron chi connectivity index (χ2n) is 21.1. The van der Waals surface area contributed by atoms with Crippen molar-refractivity contribution >= 4 is 60.3 Å². The highest BCUT2D eigenvalue weighted by Crippen LogP contribution is 2.42. The number of ether oxygens (including phenoxy) is 2. The van der Waals surface area contributed by atoms with Gasteiger partial charge in [-0.2, -0.15) is 15.3 Å². The van der Waals surface area contributed by atoms with Gasteiger partial charge in [-0.15, -0.1) is 5.54 Å². The van der Waals surface area contributed by atoms with E-state index in [2.05, 4.69) is 217 Å². The van der Waals surface area contributed by atoms with Crippen LogP contribution in [0.2, 0.25) is 21.7 Å². The van der Waals surface area contributed by atoms with Gasteiger partial charge in [0.1, 0.15) is 19.9 Å². The highest BCUT2D eigenvalue weighted by atomic mass is 127. The van der Waals surface area contributed by atoms with Gasteiger partial charge in [-0.25, -0.2) is 9.36 Å². The number of halogens is 1. The molecule has 13 heteroatoms. The summed E-state index contributed by atoms with van der Waals surface area (Å²) in [6, 6.07) is 28.3. The van der Waals surface area contributed by atoms with Gasteiger partial charge < -0.3 is 13.9 Å². The molecule has 68 heavy (non-hydrogen) atoms. The molecule has 1 saturated heterocycles.